The Morgan fingerprint density at radius 3 is 2.65 bits per heavy atom. The Morgan fingerprint density at radius 2 is 2.00 bits per heavy atom. The van der Waals surface area contributed by atoms with Gasteiger partial charge in [0.1, 0.15) is 12.1 Å². The van der Waals surface area contributed by atoms with Crippen LogP contribution in [0.5, 0.6) is 0 Å². The molecule has 0 spiro atoms. The molecule has 0 saturated carbocycles. The topological polar surface area (TPSA) is 140 Å². The highest BCUT2D eigenvalue weighted by Gasteiger charge is 2.32. The first kappa shape index (κ1) is 21.9. The summed E-state index contributed by atoms with van der Waals surface area (Å²) in [4.78, 5) is 44.7. The molecule has 1 aromatic heterocycles. The predicted molar refractivity (Wildman–Crippen MR) is 108 cm³/mol. The number of nitro groups is 1. The van der Waals surface area contributed by atoms with Crippen molar-refractivity contribution in [2.24, 2.45) is 5.92 Å². The number of piperidine rings is 1. The molecule has 1 saturated heterocycles. The average molecular weight is 432 g/mol. The largest absolute Gasteiger partial charge is 0.466 e. The van der Waals surface area contributed by atoms with E-state index in [9.17, 15) is 24.1 Å². The van der Waals surface area contributed by atoms with Gasteiger partial charge >= 0.3 is 11.7 Å². The Labute approximate surface area is 176 Å². The molecule has 2 N–H and O–H groups in total. The minimum Gasteiger partial charge on any atom is -0.466 e. The Hall–Kier alpha value is -3.83. The normalized spacial score (nSPS) is 14.1. The number of esters is 1. The van der Waals surface area contributed by atoms with Crippen LogP contribution < -0.4 is 15.8 Å². The third kappa shape index (κ3) is 5.02. The van der Waals surface area contributed by atoms with E-state index in [-0.39, 0.29) is 29.1 Å². The van der Waals surface area contributed by atoms with Crippen molar-refractivity contribution in [3.8, 4) is 0 Å². The second kappa shape index (κ2) is 9.78. The van der Waals surface area contributed by atoms with Crippen molar-refractivity contribution in [3.05, 3.63) is 52.1 Å². The number of halogens is 1. The highest BCUT2D eigenvalue weighted by Crippen LogP contribution is 2.34. The van der Waals surface area contributed by atoms with Crippen molar-refractivity contribution in [1.82, 2.24) is 15.4 Å². The number of nitrogens with zero attached hydrogens (tertiary/aromatic N) is 4. The lowest BCUT2D eigenvalue weighted by Crippen LogP contribution is -2.38. The van der Waals surface area contributed by atoms with Crippen molar-refractivity contribution >= 4 is 29.2 Å². The lowest BCUT2D eigenvalue weighted by molar-refractivity contribution is -0.383. The third-order valence-corrected chi connectivity index (χ3v) is 4.81. The minimum atomic E-state index is -0.817. The van der Waals surface area contributed by atoms with Gasteiger partial charge in [0.2, 0.25) is 11.6 Å². The van der Waals surface area contributed by atoms with E-state index in [1.165, 1.54) is 18.2 Å². The molecule has 0 radical (unpaired) electrons. The van der Waals surface area contributed by atoms with E-state index in [0.29, 0.717) is 32.5 Å². The highest BCUT2D eigenvalue weighted by molar-refractivity contribution is 5.95. The van der Waals surface area contributed by atoms with E-state index in [0.717, 1.165) is 12.4 Å². The summed E-state index contributed by atoms with van der Waals surface area (Å²) in [6, 6.07) is 5.33. The van der Waals surface area contributed by atoms with Gasteiger partial charge in [-0.3, -0.25) is 30.6 Å². The van der Waals surface area contributed by atoms with Crippen molar-refractivity contribution in [2.45, 2.75) is 19.8 Å². The Bertz CT molecular complexity index is 980. The van der Waals surface area contributed by atoms with E-state index in [1.54, 1.807) is 11.8 Å². The van der Waals surface area contributed by atoms with E-state index >= 15 is 0 Å². The number of benzene rings is 1. The fourth-order valence-electron chi connectivity index (χ4n) is 3.28. The molecule has 1 fully saturated rings. The van der Waals surface area contributed by atoms with Crippen LogP contribution in [0.1, 0.15) is 30.1 Å². The number of carbonyl (C=O) groups excluding carboxylic acids is 2. The highest BCUT2D eigenvalue weighted by atomic mass is 19.1. The van der Waals surface area contributed by atoms with Gasteiger partial charge in [0.05, 0.1) is 23.0 Å². The van der Waals surface area contributed by atoms with Crippen LogP contribution in [-0.2, 0) is 9.53 Å². The molecule has 31 heavy (non-hydrogen) atoms. The number of hydrogen-bond donors (Lipinski definition) is 2. The molecule has 0 aliphatic carbocycles. The van der Waals surface area contributed by atoms with Crippen LogP contribution in [0.4, 0.5) is 21.7 Å². The second-order valence-electron chi connectivity index (χ2n) is 6.72. The first-order valence-corrected chi connectivity index (χ1v) is 9.64. The number of ether oxygens (including phenoxy) is 1. The van der Waals surface area contributed by atoms with Crippen LogP contribution in [-0.4, -0.2) is 46.5 Å². The average Bonchev–Trinajstić information content (AvgIpc) is 2.77. The van der Waals surface area contributed by atoms with Crippen molar-refractivity contribution in [1.29, 1.82) is 0 Å². The van der Waals surface area contributed by atoms with Gasteiger partial charge < -0.3 is 9.64 Å². The standard InChI is InChI=1S/C19H21FN6O5/c1-2-31-19(28)12-7-9-25(10-8-12)17-15(26(29)30)16(21-11-22-17)23-24-18(27)13-5-3-4-6-14(13)20/h3-6,11-12H,2,7-10H2,1H3,(H,24,27)(H,21,22,23). The first-order valence-electron chi connectivity index (χ1n) is 9.64. The van der Waals surface area contributed by atoms with Crippen LogP contribution in [0, 0.1) is 21.8 Å². The van der Waals surface area contributed by atoms with Crippen molar-refractivity contribution < 1.29 is 23.6 Å². The van der Waals surface area contributed by atoms with Crippen LogP contribution >= 0.6 is 0 Å². The van der Waals surface area contributed by atoms with Gasteiger partial charge in [-0.2, -0.15) is 0 Å². The Morgan fingerprint density at radius 1 is 1.29 bits per heavy atom. The van der Waals surface area contributed by atoms with E-state index < -0.39 is 22.3 Å². The molecule has 164 valence electrons. The quantitative estimate of drug-likeness (QED) is 0.382. The van der Waals surface area contributed by atoms with Crippen LogP contribution in [0.15, 0.2) is 30.6 Å². The van der Waals surface area contributed by atoms with Crippen molar-refractivity contribution in [2.75, 3.05) is 30.0 Å². The number of hydrogen-bond acceptors (Lipinski definition) is 9. The molecular weight excluding hydrogens is 411 g/mol. The van der Waals surface area contributed by atoms with Crippen LogP contribution in [0.25, 0.3) is 0 Å². The maximum Gasteiger partial charge on any atom is 0.355 e. The number of aromatic nitrogens is 2. The maximum atomic E-state index is 13.8. The van der Waals surface area contributed by atoms with Gasteiger partial charge in [-0.25, -0.2) is 14.4 Å². The summed E-state index contributed by atoms with van der Waals surface area (Å²) in [5, 5.41) is 11.7. The zero-order valence-electron chi connectivity index (χ0n) is 16.7. The van der Waals surface area contributed by atoms with E-state index in [4.69, 9.17) is 4.74 Å². The summed E-state index contributed by atoms with van der Waals surface area (Å²) in [6.07, 6.45) is 2.05. The molecule has 1 aromatic carbocycles. The van der Waals surface area contributed by atoms with Crippen molar-refractivity contribution in [3.63, 3.8) is 0 Å². The maximum absolute atomic E-state index is 13.8. The monoisotopic (exact) mass is 432 g/mol. The van der Waals surface area contributed by atoms with Gasteiger partial charge in [0, 0.05) is 13.1 Å². The number of nitrogens with one attached hydrogen (secondary N) is 2. The molecule has 0 atom stereocenters. The molecule has 11 nitrogen and oxygen atoms in total. The van der Waals surface area contributed by atoms with Gasteiger partial charge in [0.25, 0.3) is 5.91 Å². The molecule has 2 aromatic rings. The smallest absolute Gasteiger partial charge is 0.355 e. The summed E-state index contributed by atoms with van der Waals surface area (Å²) in [7, 11) is 0. The number of rotatable bonds is 7. The van der Waals surface area contributed by atoms with Crippen LogP contribution in [0.3, 0.4) is 0 Å². The van der Waals surface area contributed by atoms with E-state index in [2.05, 4.69) is 20.8 Å². The molecule has 1 aliphatic rings. The minimum absolute atomic E-state index is 0.0601. The van der Waals surface area contributed by atoms with Gasteiger partial charge in [-0.05, 0) is 31.9 Å². The first-order chi connectivity index (χ1) is 14.9. The number of hydrazine groups is 1. The zero-order valence-corrected chi connectivity index (χ0v) is 16.7. The number of anilines is 2. The van der Waals surface area contributed by atoms with E-state index in [1.807, 2.05) is 0 Å². The van der Waals surface area contributed by atoms with Gasteiger partial charge in [0.15, 0.2) is 0 Å². The molecule has 1 aliphatic heterocycles. The second-order valence-corrected chi connectivity index (χ2v) is 6.72. The van der Waals surface area contributed by atoms with Crippen LogP contribution in [0.2, 0.25) is 0 Å². The van der Waals surface area contributed by atoms with Gasteiger partial charge in [-0.1, -0.05) is 12.1 Å². The summed E-state index contributed by atoms with van der Waals surface area (Å²) in [5.74, 6) is -2.28. The summed E-state index contributed by atoms with van der Waals surface area (Å²) in [5.41, 5.74) is 3.93. The molecular formula is C19H21FN6O5. The lowest BCUT2D eigenvalue weighted by Gasteiger charge is -2.31. The SMILES string of the molecule is CCOC(=O)C1CCN(c2ncnc(NNC(=O)c3ccccc3F)c2[N+](=O)[O-])CC1. The summed E-state index contributed by atoms with van der Waals surface area (Å²) >= 11 is 0. The Kier molecular flexibility index (Phi) is 6.90. The fourth-order valence-corrected chi connectivity index (χ4v) is 3.28. The molecule has 1 amide bonds. The zero-order chi connectivity index (χ0) is 22.4. The predicted octanol–water partition coefficient (Wildman–Crippen LogP) is 2.06. The van der Waals surface area contributed by atoms with Gasteiger partial charge in [-0.15, -0.1) is 0 Å². The summed E-state index contributed by atoms with van der Waals surface area (Å²) < 4.78 is 18.8. The molecule has 3 rings (SSSR count). The third-order valence-electron chi connectivity index (χ3n) is 4.81. The molecule has 12 heteroatoms. The molecule has 0 bridgehead atoms. The molecule has 0 unspecified atom stereocenters. The Balaban J connectivity index is 1.74. The lowest BCUT2D eigenvalue weighted by atomic mass is 9.97. The summed E-state index contributed by atoms with van der Waals surface area (Å²) in [6.45, 7) is 2.76. The fraction of sp³-hybridized carbons (Fsp3) is 0.368. The molecule has 2 heterocycles. The number of amides is 1. The number of carbonyl (C=O) groups is 2.